The predicted octanol–water partition coefficient (Wildman–Crippen LogP) is 2.69. The van der Waals surface area contributed by atoms with E-state index in [4.69, 9.17) is 17.3 Å². The number of nitrogen functional groups attached to an aromatic ring is 1. The van der Waals surface area contributed by atoms with Crippen molar-refractivity contribution in [2.75, 3.05) is 5.73 Å². The number of alkyl halides is 3. The molecule has 0 saturated heterocycles. The molecule has 0 bridgehead atoms. The molecule has 2 nitrogen and oxygen atoms in total. The van der Waals surface area contributed by atoms with E-state index in [9.17, 15) is 18.3 Å². The summed E-state index contributed by atoms with van der Waals surface area (Å²) in [7, 11) is 0. The Morgan fingerprint density at radius 1 is 1.33 bits per heavy atom. The fraction of sp³-hybridized carbons (Fsp3) is 0.333. The number of anilines is 1. The van der Waals surface area contributed by atoms with Crippen molar-refractivity contribution >= 4 is 17.3 Å². The molecular weight excluding hydrogens is 231 g/mol. The summed E-state index contributed by atoms with van der Waals surface area (Å²) in [6.45, 7) is 0.634. The first-order valence-electron chi connectivity index (χ1n) is 4.01. The highest BCUT2D eigenvalue weighted by Gasteiger charge is 2.52. The van der Waals surface area contributed by atoms with Crippen LogP contribution in [-0.2, 0) is 5.60 Å². The van der Waals surface area contributed by atoms with Gasteiger partial charge in [0.05, 0.1) is 0 Å². The van der Waals surface area contributed by atoms with E-state index < -0.39 is 17.3 Å². The van der Waals surface area contributed by atoms with Crippen molar-refractivity contribution in [3.05, 3.63) is 28.8 Å². The summed E-state index contributed by atoms with van der Waals surface area (Å²) in [6.07, 6.45) is -4.80. The van der Waals surface area contributed by atoms with Crippen molar-refractivity contribution in [3.63, 3.8) is 0 Å². The number of rotatable bonds is 1. The van der Waals surface area contributed by atoms with Gasteiger partial charge in [-0.1, -0.05) is 11.6 Å². The van der Waals surface area contributed by atoms with Gasteiger partial charge in [-0.25, -0.2) is 0 Å². The molecule has 1 aromatic carbocycles. The Bertz CT molecular complexity index is 376. The summed E-state index contributed by atoms with van der Waals surface area (Å²) in [5.41, 5.74) is 1.76. The second-order valence-corrected chi connectivity index (χ2v) is 3.74. The number of halogens is 4. The highest BCUT2D eigenvalue weighted by atomic mass is 35.5. The van der Waals surface area contributed by atoms with Gasteiger partial charge < -0.3 is 10.8 Å². The summed E-state index contributed by atoms with van der Waals surface area (Å²) in [5.74, 6) is 0. The van der Waals surface area contributed by atoms with Crippen molar-refractivity contribution < 1.29 is 18.3 Å². The number of aliphatic hydroxyl groups is 1. The lowest BCUT2D eigenvalue weighted by Gasteiger charge is -2.27. The zero-order valence-corrected chi connectivity index (χ0v) is 8.52. The van der Waals surface area contributed by atoms with Crippen molar-refractivity contribution in [2.24, 2.45) is 0 Å². The van der Waals surface area contributed by atoms with E-state index in [1.165, 1.54) is 12.1 Å². The minimum Gasteiger partial charge on any atom is -0.398 e. The average molecular weight is 240 g/mol. The Balaban J connectivity index is 3.32. The minimum atomic E-state index is -4.80. The molecule has 0 aliphatic carbocycles. The molecule has 3 N–H and O–H groups in total. The van der Waals surface area contributed by atoms with Gasteiger partial charge in [0, 0.05) is 16.3 Å². The second kappa shape index (κ2) is 3.57. The van der Waals surface area contributed by atoms with Crippen molar-refractivity contribution in [1.29, 1.82) is 0 Å². The average Bonchev–Trinajstić information content (AvgIpc) is 2.07. The molecule has 0 radical (unpaired) electrons. The summed E-state index contributed by atoms with van der Waals surface area (Å²) in [6, 6.07) is 3.58. The van der Waals surface area contributed by atoms with E-state index in [2.05, 4.69) is 0 Å². The highest BCUT2D eigenvalue weighted by Crippen LogP contribution is 2.41. The monoisotopic (exact) mass is 239 g/mol. The normalized spacial score (nSPS) is 16.1. The summed E-state index contributed by atoms with van der Waals surface area (Å²) < 4.78 is 37.4. The number of benzene rings is 1. The van der Waals surface area contributed by atoms with Crippen LogP contribution in [0.2, 0.25) is 5.02 Å². The SMILES string of the molecule is C[C@](O)(c1cc(Cl)ccc1N)C(F)(F)F. The quantitative estimate of drug-likeness (QED) is 0.740. The van der Waals surface area contributed by atoms with Crippen LogP contribution >= 0.6 is 11.6 Å². The Labute approximate surface area is 89.5 Å². The molecule has 6 heteroatoms. The van der Waals surface area contributed by atoms with Gasteiger partial charge in [-0.15, -0.1) is 0 Å². The molecule has 1 aromatic rings. The molecule has 0 spiro atoms. The van der Waals surface area contributed by atoms with Crippen molar-refractivity contribution in [3.8, 4) is 0 Å². The minimum absolute atomic E-state index is 0.0868. The van der Waals surface area contributed by atoms with Crippen molar-refractivity contribution in [1.82, 2.24) is 0 Å². The molecule has 1 atom stereocenters. The molecule has 0 fully saturated rings. The molecule has 0 heterocycles. The van der Waals surface area contributed by atoms with Gasteiger partial charge in [-0.2, -0.15) is 13.2 Å². The van der Waals surface area contributed by atoms with Crippen LogP contribution in [0.25, 0.3) is 0 Å². The second-order valence-electron chi connectivity index (χ2n) is 3.30. The number of nitrogens with two attached hydrogens (primary N) is 1. The topological polar surface area (TPSA) is 46.2 Å². The largest absolute Gasteiger partial charge is 0.421 e. The highest BCUT2D eigenvalue weighted by molar-refractivity contribution is 6.30. The van der Waals surface area contributed by atoms with Crippen LogP contribution in [0.4, 0.5) is 18.9 Å². The maximum atomic E-state index is 12.5. The fourth-order valence-electron chi connectivity index (χ4n) is 1.10. The molecule has 84 valence electrons. The van der Waals surface area contributed by atoms with E-state index in [0.717, 1.165) is 6.07 Å². The first-order valence-corrected chi connectivity index (χ1v) is 4.38. The number of hydrogen-bond donors (Lipinski definition) is 2. The summed E-state index contributed by atoms with van der Waals surface area (Å²) in [4.78, 5) is 0. The van der Waals surface area contributed by atoms with Gasteiger partial charge in [0.1, 0.15) is 0 Å². The van der Waals surface area contributed by atoms with Crippen LogP contribution in [-0.4, -0.2) is 11.3 Å². The molecule has 0 aromatic heterocycles. The first kappa shape index (κ1) is 12.1. The lowest BCUT2D eigenvalue weighted by Crippen LogP contribution is -2.39. The summed E-state index contributed by atoms with van der Waals surface area (Å²) >= 11 is 5.54. The number of hydrogen-bond acceptors (Lipinski definition) is 2. The van der Waals surface area contributed by atoms with Gasteiger partial charge in [-0.05, 0) is 25.1 Å². The Morgan fingerprint density at radius 2 is 1.87 bits per heavy atom. The first-order chi connectivity index (χ1) is 6.66. The van der Waals surface area contributed by atoms with Crippen LogP contribution in [0.5, 0.6) is 0 Å². The molecule has 0 unspecified atom stereocenters. The molecule has 0 amide bonds. The predicted molar refractivity (Wildman–Crippen MR) is 51.5 cm³/mol. The third-order valence-electron chi connectivity index (χ3n) is 2.09. The van der Waals surface area contributed by atoms with Crippen LogP contribution in [0, 0.1) is 0 Å². The van der Waals surface area contributed by atoms with Gasteiger partial charge in [0.25, 0.3) is 0 Å². The van der Waals surface area contributed by atoms with Crippen LogP contribution in [0.15, 0.2) is 18.2 Å². The smallest absolute Gasteiger partial charge is 0.398 e. The molecule has 15 heavy (non-hydrogen) atoms. The summed E-state index contributed by atoms with van der Waals surface area (Å²) in [5, 5.41) is 9.45. The van der Waals surface area contributed by atoms with Gasteiger partial charge in [0.15, 0.2) is 5.60 Å². The van der Waals surface area contributed by atoms with Gasteiger partial charge in [0.2, 0.25) is 0 Å². The van der Waals surface area contributed by atoms with E-state index in [0.29, 0.717) is 6.92 Å². The molecule has 0 aliphatic rings. The van der Waals surface area contributed by atoms with Crippen LogP contribution < -0.4 is 5.73 Å². The molecule has 0 saturated carbocycles. The Morgan fingerprint density at radius 3 is 2.33 bits per heavy atom. The zero-order valence-electron chi connectivity index (χ0n) is 7.77. The Kier molecular flexibility index (Phi) is 2.89. The van der Waals surface area contributed by atoms with Crippen molar-refractivity contribution in [2.45, 2.75) is 18.7 Å². The van der Waals surface area contributed by atoms with E-state index in [1.807, 2.05) is 0 Å². The molecular formula is C9H9ClF3NO. The molecule has 0 aliphatic heterocycles. The lowest BCUT2D eigenvalue weighted by molar-refractivity contribution is -0.258. The fourth-order valence-corrected chi connectivity index (χ4v) is 1.27. The lowest BCUT2D eigenvalue weighted by atomic mass is 9.94. The van der Waals surface area contributed by atoms with E-state index >= 15 is 0 Å². The third kappa shape index (κ3) is 2.18. The van der Waals surface area contributed by atoms with Crippen LogP contribution in [0.3, 0.4) is 0 Å². The van der Waals surface area contributed by atoms with E-state index in [1.54, 1.807) is 0 Å². The molecule has 1 rings (SSSR count). The van der Waals surface area contributed by atoms with Gasteiger partial charge in [-0.3, -0.25) is 0 Å². The standard InChI is InChI=1S/C9H9ClF3NO/c1-8(15,9(11,12)13)6-4-5(10)2-3-7(6)14/h2-4,15H,14H2,1H3/t8-/m0/s1. The van der Waals surface area contributed by atoms with E-state index in [-0.39, 0.29) is 10.7 Å². The maximum Gasteiger partial charge on any atom is 0.421 e. The maximum absolute atomic E-state index is 12.5. The zero-order chi connectivity index (χ0) is 11.9. The van der Waals surface area contributed by atoms with Crippen LogP contribution in [0.1, 0.15) is 12.5 Å². The Hall–Kier alpha value is -0.940. The van der Waals surface area contributed by atoms with Gasteiger partial charge >= 0.3 is 6.18 Å². The third-order valence-corrected chi connectivity index (χ3v) is 2.33.